The van der Waals surface area contributed by atoms with Gasteiger partial charge in [-0.15, -0.1) is 0 Å². The van der Waals surface area contributed by atoms with Crippen molar-refractivity contribution in [1.82, 2.24) is 4.90 Å². The summed E-state index contributed by atoms with van der Waals surface area (Å²) in [6.45, 7) is 4.59. The Kier molecular flexibility index (Phi) is 4.81. The van der Waals surface area contributed by atoms with Crippen LogP contribution in [-0.4, -0.2) is 24.6 Å². The Morgan fingerprint density at radius 2 is 2.13 bits per heavy atom. The molecule has 0 amide bonds. The summed E-state index contributed by atoms with van der Waals surface area (Å²) in [6.07, 6.45) is 10.5. The van der Waals surface area contributed by atoms with Crippen molar-refractivity contribution in [2.45, 2.75) is 19.8 Å². The third-order valence-corrected chi connectivity index (χ3v) is 3.92. The second-order valence-corrected chi connectivity index (χ2v) is 5.73. The minimum absolute atomic E-state index is 0.323. The normalized spacial score (nSPS) is 13.7. The van der Waals surface area contributed by atoms with Gasteiger partial charge in [0.25, 0.3) is 0 Å². The highest BCUT2D eigenvalue weighted by atomic mass is 16.5. The summed E-state index contributed by atoms with van der Waals surface area (Å²) in [5.41, 5.74) is 1.18. The van der Waals surface area contributed by atoms with Crippen LogP contribution in [0, 0.1) is 6.92 Å². The van der Waals surface area contributed by atoms with Crippen LogP contribution in [-0.2, 0) is 0 Å². The van der Waals surface area contributed by atoms with E-state index in [4.69, 9.17) is 9.15 Å². The van der Waals surface area contributed by atoms with Gasteiger partial charge in [0.15, 0.2) is 0 Å². The topological polar surface area (TPSA) is 42.7 Å². The molecule has 2 aromatic rings. The van der Waals surface area contributed by atoms with Gasteiger partial charge < -0.3 is 14.1 Å². The molecular weight excluding hydrogens is 290 g/mol. The molecule has 0 N–H and O–H groups in total. The second kappa shape index (κ2) is 7.18. The molecule has 0 aliphatic carbocycles. The van der Waals surface area contributed by atoms with E-state index in [-0.39, 0.29) is 5.63 Å². The van der Waals surface area contributed by atoms with Gasteiger partial charge >= 0.3 is 5.63 Å². The lowest BCUT2D eigenvalue weighted by molar-refractivity contribution is 0.294. The van der Waals surface area contributed by atoms with Crippen molar-refractivity contribution in [3.8, 4) is 5.75 Å². The molecule has 0 saturated carbocycles. The first kappa shape index (κ1) is 15.4. The third-order valence-electron chi connectivity index (χ3n) is 3.92. The highest BCUT2D eigenvalue weighted by Gasteiger charge is 2.04. The molecular formula is C19H21NO3. The van der Waals surface area contributed by atoms with E-state index in [9.17, 15) is 4.79 Å². The summed E-state index contributed by atoms with van der Waals surface area (Å²) in [5, 5.41) is 0.946. The molecule has 1 aliphatic heterocycles. The Bertz CT molecular complexity index is 789. The molecule has 3 rings (SSSR count). The maximum Gasteiger partial charge on any atom is 0.336 e. The first-order valence-corrected chi connectivity index (χ1v) is 7.97. The summed E-state index contributed by atoms with van der Waals surface area (Å²) >= 11 is 0. The minimum Gasteiger partial charge on any atom is -0.493 e. The van der Waals surface area contributed by atoms with Gasteiger partial charge in [0.2, 0.25) is 0 Å². The average Bonchev–Trinajstić information content (AvgIpc) is 2.55. The van der Waals surface area contributed by atoms with Crippen molar-refractivity contribution in [2.24, 2.45) is 0 Å². The minimum atomic E-state index is -0.323. The Labute approximate surface area is 135 Å². The first-order valence-electron chi connectivity index (χ1n) is 7.97. The number of unbranched alkanes of at least 4 members (excludes halogenated alkanes) is 1. The predicted molar refractivity (Wildman–Crippen MR) is 91.8 cm³/mol. The van der Waals surface area contributed by atoms with E-state index < -0.39 is 0 Å². The van der Waals surface area contributed by atoms with Crippen LogP contribution in [0.2, 0.25) is 0 Å². The molecule has 1 aromatic heterocycles. The molecule has 0 bridgehead atoms. The molecule has 4 heteroatoms. The zero-order chi connectivity index (χ0) is 16.1. The molecule has 0 spiro atoms. The smallest absolute Gasteiger partial charge is 0.336 e. The number of ether oxygens (including phenoxy) is 1. The van der Waals surface area contributed by atoms with Crippen LogP contribution in [0.5, 0.6) is 5.75 Å². The highest BCUT2D eigenvalue weighted by Crippen LogP contribution is 2.22. The van der Waals surface area contributed by atoms with Gasteiger partial charge in [0, 0.05) is 30.6 Å². The molecule has 120 valence electrons. The van der Waals surface area contributed by atoms with E-state index >= 15 is 0 Å². The number of hydrogen-bond donors (Lipinski definition) is 0. The van der Waals surface area contributed by atoms with Crippen molar-refractivity contribution >= 4 is 11.0 Å². The van der Waals surface area contributed by atoms with Gasteiger partial charge in [-0.2, -0.15) is 0 Å². The lowest BCUT2D eigenvalue weighted by atomic mass is 10.1. The number of aryl methyl sites for hydroxylation is 1. The first-order chi connectivity index (χ1) is 11.2. The molecule has 23 heavy (non-hydrogen) atoms. The van der Waals surface area contributed by atoms with Gasteiger partial charge in [-0.3, -0.25) is 0 Å². The summed E-state index contributed by atoms with van der Waals surface area (Å²) in [7, 11) is 0. The van der Waals surface area contributed by atoms with E-state index in [1.807, 2.05) is 19.1 Å². The fourth-order valence-electron chi connectivity index (χ4n) is 2.67. The Morgan fingerprint density at radius 3 is 2.96 bits per heavy atom. The molecule has 0 radical (unpaired) electrons. The predicted octanol–water partition coefficient (Wildman–Crippen LogP) is 3.65. The van der Waals surface area contributed by atoms with E-state index in [2.05, 4.69) is 29.3 Å². The lowest BCUT2D eigenvalue weighted by Crippen LogP contribution is -2.20. The molecule has 4 nitrogen and oxygen atoms in total. The molecule has 0 fully saturated rings. The average molecular weight is 311 g/mol. The van der Waals surface area contributed by atoms with Crippen molar-refractivity contribution in [2.75, 3.05) is 19.7 Å². The molecule has 1 aliphatic rings. The Hall–Kier alpha value is -2.49. The van der Waals surface area contributed by atoms with E-state index in [1.54, 1.807) is 6.07 Å². The second-order valence-electron chi connectivity index (χ2n) is 5.73. The van der Waals surface area contributed by atoms with Gasteiger partial charge in [-0.05, 0) is 49.7 Å². The quantitative estimate of drug-likeness (QED) is 0.603. The maximum atomic E-state index is 11.4. The fraction of sp³-hybridized carbons (Fsp3) is 0.316. The van der Waals surface area contributed by atoms with Crippen LogP contribution in [0.1, 0.15) is 18.4 Å². The largest absolute Gasteiger partial charge is 0.493 e. The molecule has 2 heterocycles. The van der Waals surface area contributed by atoms with Gasteiger partial charge in [0.05, 0.1) is 6.61 Å². The molecule has 0 atom stereocenters. The van der Waals surface area contributed by atoms with E-state index in [0.717, 1.165) is 42.6 Å². The maximum absolute atomic E-state index is 11.4. The Balaban J connectivity index is 1.50. The summed E-state index contributed by atoms with van der Waals surface area (Å²) in [6, 6.07) is 7.16. The van der Waals surface area contributed by atoms with E-state index in [0.29, 0.717) is 12.2 Å². The fourth-order valence-corrected chi connectivity index (χ4v) is 2.67. The van der Waals surface area contributed by atoms with Crippen LogP contribution in [0.3, 0.4) is 0 Å². The van der Waals surface area contributed by atoms with Crippen LogP contribution in [0.25, 0.3) is 11.0 Å². The number of nitrogens with zero attached hydrogens (tertiary/aromatic N) is 1. The number of hydrogen-bond acceptors (Lipinski definition) is 4. The van der Waals surface area contributed by atoms with Gasteiger partial charge in [-0.25, -0.2) is 4.79 Å². The number of fused-ring (bicyclic) bond motifs is 1. The summed E-state index contributed by atoms with van der Waals surface area (Å²) in [4.78, 5) is 13.7. The van der Waals surface area contributed by atoms with E-state index in [1.165, 1.54) is 6.07 Å². The third kappa shape index (κ3) is 4.03. The molecule has 0 saturated heterocycles. The van der Waals surface area contributed by atoms with Crippen LogP contribution < -0.4 is 10.4 Å². The summed E-state index contributed by atoms with van der Waals surface area (Å²) < 4.78 is 11.0. The van der Waals surface area contributed by atoms with Crippen molar-refractivity contribution in [1.29, 1.82) is 0 Å². The number of benzene rings is 1. The van der Waals surface area contributed by atoms with Crippen molar-refractivity contribution in [3.63, 3.8) is 0 Å². The standard InChI is InChI=1S/C19H21NO3/c1-15-13-19(21)23-18-14-16(7-8-17(15)18)22-12-6-5-11-20-9-3-2-4-10-20/h2-4,7-9,13-14H,5-6,10-12H2,1H3. The van der Waals surface area contributed by atoms with Gasteiger partial charge in [-0.1, -0.05) is 12.2 Å². The highest BCUT2D eigenvalue weighted by molar-refractivity contribution is 5.81. The Morgan fingerprint density at radius 1 is 1.22 bits per heavy atom. The number of allylic oxidation sites excluding steroid dienone is 2. The van der Waals surface area contributed by atoms with Crippen molar-refractivity contribution < 1.29 is 9.15 Å². The van der Waals surface area contributed by atoms with Gasteiger partial charge in [0.1, 0.15) is 11.3 Å². The molecule has 0 unspecified atom stereocenters. The lowest BCUT2D eigenvalue weighted by Gasteiger charge is -2.20. The summed E-state index contributed by atoms with van der Waals surface area (Å²) in [5.74, 6) is 0.743. The zero-order valence-electron chi connectivity index (χ0n) is 13.3. The number of rotatable bonds is 6. The molecule has 1 aromatic carbocycles. The zero-order valence-corrected chi connectivity index (χ0v) is 13.3. The van der Waals surface area contributed by atoms with Crippen LogP contribution >= 0.6 is 0 Å². The van der Waals surface area contributed by atoms with Crippen LogP contribution in [0.15, 0.2) is 57.9 Å². The monoisotopic (exact) mass is 311 g/mol. The van der Waals surface area contributed by atoms with Crippen LogP contribution in [0.4, 0.5) is 0 Å². The van der Waals surface area contributed by atoms with Crippen molar-refractivity contribution in [3.05, 3.63) is 64.7 Å². The SMILES string of the molecule is Cc1cc(=O)oc2cc(OCCCCN3C=CC=CC3)ccc12.